The van der Waals surface area contributed by atoms with Crippen LogP contribution in [0.2, 0.25) is 0 Å². The molecule has 0 radical (unpaired) electrons. The first kappa shape index (κ1) is 16.3. The normalized spacial score (nSPS) is 18.5. The summed E-state index contributed by atoms with van der Waals surface area (Å²) in [6, 6.07) is 13.7. The summed E-state index contributed by atoms with van der Waals surface area (Å²) in [6.07, 6.45) is 1.77. The number of carboxylic acid groups (broad SMARTS) is 1. The van der Waals surface area contributed by atoms with Gasteiger partial charge in [-0.05, 0) is 17.7 Å². The fourth-order valence-corrected chi connectivity index (χ4v) is 3.21. The summed E-state index contributed by atoms with van der Waals surface area (Å²) < 4.78 is 0. The van der Waals surface area contributed by atoms with Crippen LogP contribution in [0, 0.1) is 0 Å². The van der Waals surface area contributed by atoms with Crippen molar-refractivity contribution >= 4 is 17.5 Å². The third kappa shape index (κ3) is 3.83. The quantitative estimate of drug-likeness (QED) is 0.872. The smallest absolute Gasteiger partial charge is 0.305 e. The summed E-state index contributed by atoms with van der Waals surface area (Å²) in [7, 11) is 0. The van der Waals surface area contributed by atoms with Crippen LogP contribution in [-0.2, 0) is 11.3 Å². The highest BCUT2D eigenvalue weighted by atomic mass is 16.4. The van der Waals surface area contributed by atoms with Crippen LogP contribution in [0.1, 0.15) is 12.0 Å². The molecule has 2 aromatic rings. The highest BCUT2D eigenvalue weighted by Gasteiger charge is 2.30. The van der Waals surface area contributed by atoms with Crippen LogP contribution in [0.15, 0.2) is 48.7 Å². The highest BCUT2D eigenvalue weighted by molar-refractivity contribution is 5.70. The number of hydrogen-bond donors (Lipinski definition) is 2. The van der Waals surface area contributed by atoms with E-state index in [4.69, 9.17) is 5.73 Å². The van der Waals surface area contributed by atoms with Gasteiger partial charge in [0.15, 0.2) is 5.82 Å². The summed E-state index contributed by atoms with van der Waals surface area (Å²) in [5.74, 6) is -0.121. The maximum Gasteiger partial charge on any atom is 0.305 e. The molecule has 0 amide bonds. The first-order chi connectivity index (χ1) is 11.6. The molecule has 1 saturated heterocycles. The van der Waals surface area contributed by atoms with Gasteiger partial charge in [0.1, 0.15) is 0 Å². The molecule has 2 heterocycles. The summed E-state index contributed by atoms with van der Waals surface area (Å²) in [5.41, 5.74) is 7.86. The van der Waals surface area contributed by atoms with Crippen molar-refractivity contribution in [2.45, 2.75) is 19.0 Å². The van der Waals surface area contributed by atoms with E-state index < -0.39 is 5.97 Å². The van der Waals surface area contributed by atoms with Crippen molar-refractivity contribution < 1.29 is 9.90 Å². The monoisotopic (exact) mass is 326 g/mol. The zero-order valence-electron chi connectivity index (χ0n) is 13.5. The molecular weight excluding hydrogens is 304 g/mol. The molecule has 1 aliphatic heterocycles. The molecule has 0 spiro atoms. The first-order valence-electron chi connectivity index (χ1n) is 8.08. The molecule has 1 aromatic carbocycles. The fraction of sp³-hybridized carbons (Fsp3) is 0.333. The SMILES string of the molecule is Nc1cccnc1N1CCN(Cc2ccccc2)C[C@@H]1CC(=O)O. The number of carboxylic acids is 1. The summed E-state index contributed by atoms with van der Waals surface area (Å²) in [4.78, 5) is 20.0. The van der Waals surface area contributed by atoms with E-state index in [2.05, 4.69) is 22.0 Å². The third-order valence-electron chi connectivity index (χ3n) is 4.32. The Hall–Kier alpha value is -2.60. The summed E-state index contributed by atoms with van der Waals surface area (Å²) in [5, 5.41) is 9.28. The van der Waals surface area contributed by atoms with Gasteiger partial charge in [0, 0.05) is 32.4 Å². The predicted octanol–water partition coefficient (Wildman–Crippen LogP) is 1.83. The second kappa shape index (κ2) is 7.31. The molecule has 3 rings (SSSR count). The van der Waals surface area contributed by atoms with Crippen molar-refractivity contribution in [2.75, 3.05) is 30.3 Å². The molecule has 0 unspecified atom stereocenters. The summed E-state index contributed by atoms with van der Waals surface area (Å²) >= 11 is 0. The third-order valence-corrected chi connectivity index (χ3v) is 4.32. The fourth-order valence-electron chi connectivity index (χ4n) is 3.21. The molecule has 24 heavy (non-hydrogen) atoms. The molecule has 126 valence electrons. The number of piperazine rings is 1. The Kier molecular flexibility index (Phi) is 4.96. The number of aromatic nitrogens is 1. The second-order valence-corrected chi connectivity index (χ2v) is 6.08. The topological polar surface area (TPSA) is 82.7 Å². The van der Waals surface area contributed by atoms with Crippen molar-refractivity contribution in [3.8, 4) is 0 Å². The van der Waals surface area contributed by atoms with Crippen molar-refractivity contribution in [3.63, 3.8) is 0 Å². The van der Waals surface area contributed by atoms with Gasteiger partial charge in [-0.3, -0.25) is 9.69 Å². The number of nitrogen functional groups attached to an aromatic ring is 1. The van der Waals surface area contributed by atoms with Gasteiger partial charge in [-0.1, -0.05) is 30.3 Å². The Morgan fingerprint density at radius 1 is 1.21 bits per heavy atom. The van der Waals surface area contributed by atoms with Crippen LogP contribution in [0.3, 0.4) is 0 Å². The second-order valence-electron chi connectivity index (χ2n) is 6.08. The minimum absolute atomic E-state index is 0.0707. The molecule has 0 aliphatic carbocycles. The van der Waals surface area contributed by atoms with E-state index in [0.29, 0.717) is 24.6 Å². The Labute approximate surface area is 141 Å². The molecule has 0 saturated carbocycles. The molecule has 3 N–H and O–H groups in total. The zero-order valence-corrected chi connectivity index (χ0v) is 13.5. The number of nitrogens with two attached hydrogens (primary N) is 1. The van der Waals surface area contributed by atoms with Gasteiger partial charge in [-0.15, -0.1) is 0 Å². The largest absolute Gasteiger partial charge is 0.481 e. The van der Waals surface area contributed by atoms with Gasteiger partial charge < -0.3 is 15.7 Å². The first-order valence-corrected chi connectivity index (χ1v) is 8.08. The molecule has 1 aliphatic rings. The lowest BCUT2D eigenvalue weighted by Gasteiger charge is -2.42. The lowest BCUT2D eigenvalue weighted by Crippen LogP contribution is -2.54. The Morgan fingerprint density at radius 2 is 2.00 bits per heavy atom. The molecule has 1 atom stereocenters. The minimum atomic E-state index is -0.805. The van der Waals surface area contributed by atoms with E-state index in [1.807, 2.05) is 23.1 Å². The number of hydrogen-bond acceptors (Lipinski definition) is 5. The van der Waals surface area contributed by atoms with Crippen molar-refractivity contribution in [1.82, 2.24) is 9.88 Å². The number of pyridine rings is 1. The summed E-state index contributed by atoms with van der Waals surface area (Å²) in [6.45, 7) is 3.06. The average molecular weight is 326 g/mol. The van der Waals surface area contributed by atoms with Crippen LogP contribution in [0.5, 0.6) is 0 Å². The Bertz CT molecular complexity index is 692. The van der Waals surface area contributed by atoms with Crippen molar-refractivity contribution in [1.29, 1.82) is 0 Å². The number of carbonyl (C=O) groups is 1. The van der Waals surface area contributed by atoms with E-state index in [0.717, 1.165) is 13.1 Å². The Morgan fingerprint density at radius 3 is 2.71 bits per heavy atom. The van der Waals surface area contributed by atoms with Crippen LogP contribution in [0.25, 0.3) is 0 Å². The van der Waals surface area contributed by atoms with Gasteiger partial charge in [0.05, 0.1) is 18.2 Å². The van der Waals surface area contributed by atoms with Crippen LogP contribution in [-0.4, -0.2) is 46.6 Å². The number of aliphatic carboxylic acids is 1. The van der Waals surface area contributed by atoms with Gasteiger partial charge in [-0.2, -0.15) is 0 Å². The van der Waals surface area contributed by atoms with Crippen LogP contribution >= 0.6 is 0 Å². The molecular formula is C18H22N4O2. The molecule has 6 nitrogen and oxygen atoms in total. The van der Waals surface area contributed by atoms with Gasteiger partial charge in [0.25, 0.3) is 0 Å². The van der Waals surface area contributed by atoms with Gasteiger partial charge >= 0.3 is 5.97 Å². The van der Waals surface area contributed by atoms with Crippen molar-refractivity contribution in [3.05, 3.63) is 54.2 Å². The zero-order chi connectivity index (χ0) is 16.9. The van der Waals surface area contributed by atoms with Gasteiger partial charge in [-0.25, -0.2) is 4.98 Å². The average Bonchev–Trinajstić information content (AvgIpc) is 2.56. The maximum absolute atomic E-state index is 11.3. The van der Waals surface area contributed by atoms with E-state index in [-0.39, 0.29) is 12.5 Å². The maximum atomic E-state index is 11.3. The van der Waals surface area contributed by atoms with E-state index >= 15 is 0 Å². The molecule has 1 fully saturated rings. The van der Waals surface area contributed by atoms with Gasteiger partial charge in [0.2, 0.25) is 0 Å². The Balaban J connectivity index is 1.76. The van der Waals surface area contributed by atoms with E-state index in [1.165, 1.54) is 5.56 Å². The lowest BCUT2D eigenvalue weighted by atomic mass is 10.1. The standard InChI is InChI=1S/C18H22N4O2/c19-16-7-4-8-20-18(16)22-10-9-21(13-15(22)11-17(23)24)12-14-5-2-1-3-6-14/h1-8,15H,9-13,19H2,(H,23,24)/t15-/m0/s1. The number of benzene rings is 1. The van der Waals surface area contributed by atoms with Crippen molar-refractivity contribution in [2.24, 2.45) is 0 Å². The number of anilines is 2. The van der Waals surface area contributed by atoms with Crippen LogP contribution < -0.4 is 10.6 Å². The molecule has 0 bridgehead atoms. The molecule has 1 aromatic heterocycles. The lowest BCUT2D eigenvalue weighted by molar-refractivity contribution is -0.137. The highest BCUT2D eigenvalue weighted by Crippen LogP contribution is 2.26. The van der Waals surface area contributed by atoms with E-state index in [9.17, 15) is 9.90 Å². The predicted molar refractivity (Wildman–Crippen MR) is 93.8 cm³/mol. The molecule has 6 heteroatoms. The number of rotatable bonds is 5. The van der Waals surface area contributed by atoms with E-state index in [1.54, 1.807) is 18.3 Å². The minimum Gasteiger partial charge on any atom is -0.481 e. The number of nitrogens with zero attached hydrogens (tertiary/aromatic N) is 3. The van der Waals surface area contributed by atoms with Crippen LogP contribution in [0.4, 0.5) is 11.5 Å².